The van der Waals surface area contributed by atoms with Crippen LogP contribution >= 0.6 is 11.6 Å². The fraction of sp³-hybridized carbons (Fsp3) is 0.579. The summed E-state index contributed by atoms with van der Waals surface area (Å²) in [6, 6.07) is 6.98. The van der Waals surface area contributed by atoms with Crippen LogP contribution in [0.3, 0.4) is 0 Å². The van der Waals surface area contributed by atoms with E-state index in [1.807, 2.05) is 9.80 Å². The first kappa shape index (κ1) is 19.1. The van der Waals surface area contributed by atoms with E-state index in [2.05, 4.69) is 0 Å². The average Bonchev–Trinajstić information content (AvgIpc) is 2.67. The predicted molar refractivity (Wildman–Crippen MR) is 100 cm³/mol. The summed E-state index contributed by atoms with van der Waals surface area (Å²) >= 11 is 5.91. The highest BCUT2D eigenvalue weighted by Crippen LogP contribution is 2.31. The topological polar surface area (TPSA) is 75.9 Å². The number of hydrogen-bond acceptors (Lipinski definition) is 4. The summed E-state index contributed by atoms with van der Waals surface area (Å²) in [5.41, 5.74) is 5.78. The Morgan fingerprint density at radius 2 is 1.81 bits per heavy atom. The van der Waals surface area contributed by atoms with Gasteiger partial charge in [0.05, 0.1) is 18.8 Å². The van der Waals surface area contributed by atoms with Crippen LogP contribution < -0.4 is 5.73 Å². The second-order valence-corrected chi connectivity index (χ2v) is 7.47. The second kappa shape index (κ2) is 8.37. The summed E-state index contributed by atoms with van der Waals surface area (Å²) in [4.78, 5) is 28.7. The zero-order valence-corrected chi connectivity index (χ0v) is 15.7. The van der Waals surface area contributed by atoms with Crippen LogP contribution in [-0.4, -0.2) is 66.5 Å². The number of carbonyl (C=O) groups excluding carboxylic acids is 2. The van der Waals surface area contributed by atoms with Crippen LogP contribution in [0.25, 0.3) is 0 Å². The fourth-order valence-corrected chi connectivity index (χ4v) is 3.80. The van der Waals surface area contributed by atoms with Gasteiger partial charge in [-0.05, 0) is 50.1 Å². The van der Waals surface area contributed by atoms with E-state index in [1.54, 1.807) is 24.3 Å². The molecule has 2 fully saturated rings. The van der Waals surface area contributed by atoms with E-state index in [-0.39, 0.29) is 17.4 Å². The van der Waals surface area contributed by atoms with Crippen LogP contribution in [0.2, 0.25) is 5.02 Å². The van der Waals surface area contributed by atoms with E-state index in [4.69, 9.17) is 22.1 Å². The highest BCUT2D eigenvalue weighted by molar-refractivity contribution is 6.30. The molecule has 0 radical (unpaired) electrons. The van der Waals surface area contributed by atoms with Gasteiger partial charge < -0.3 is 20.3 Å². The van der Waals surface area contributed by atoms with Crippen LogP contribution in [0.4, 0.5) is 0 Å². The maximum Gasteiger partial charge on any atom is 0.254 e. The lowest BCUT2D eigenvalue weighted by Crippen LogP contribution is -2.58. The molecule has 2 amide bonds. The van der Waals surface area contributed by atoms with Crippen molar-refractivity contribution >= 4 is 23.4 Å². The number of ether oxygens (including phenoxy) is 1. The Hall–Kier alpha value is -1.63. The van der Waals surface area contributed by atoms with Gasteiger partial charge in [0, 0.05) is 36.6 Å². The van der Waals surface area contributed by atoms with Gasteiger partial charge in [0.15, 0.2) is 0 Å². The number of likely N-dealkylation sites (tertiary alicyclic amines) is 1. The van der Waals surface area contributed by atoms with Gasteiger partial charge in [-0.3, -0.25) is 9.59 Å². The number of carbonyl (C=O) groups is 2. The molecule has 0 atom stereocenters. The molecule has 3 rings (SSSR count). The van der Waals surface area contributed by atoms with Crippen molar-refractivity contribution < 1.29 is 14.3 Å². The standard InChI is InChI=1S/C19H26ClN3O3/c20-16-5-3-15(4-6-16)18(25)23-12-13-26-19(14-23)7-10-22(11-8-19)17(24)2-1-9-21/h3-6H,1-2,7-14,21H2. The molecule has 0 saturated carbocycles. The van der Waals surface area contributed by atoms with Crippen molar-refractivity contribution in [2.75, 3.05) is 39.3 Å². The number of amides is 2. The van der Waals surface area contributed by atoms with Crippen LogP contribution in [0.1, 0.15) is 36.0 Å². The molecule has 1 aromatic carbocycles. The zero-order valence-electron chi connectivity index (χ0n) is 15.0. The highest BCUT2D eigenvalue weighted by atomic mass is 35.5. The van der Waals surface area contributed by atoms with Gasteiger partial charge in [0.2, 0.25) is 5.91 Å². The minimum Gasteiger partial charge on any atom is -0.371 e. The van der Waals surface area contributed by atoms with Crippen molar-refractivity contribution in [3.05, 3.63) is 34.9 Å². The molecule has 26 heavy (non-hydrogen) atoms. The van der Waals surface area contributed by atoms with Gasteiger partial charge in [0.25, 0.3) is 5.91 Å². The first-order chi connectivity index (χ1) is 12.5. The number of nitrogens with zero attached hydrogens (tertiary/aromatic N) is 2. The monoisotopic (exact) mass is 379 g/mol. The molecule has 6 nitrogen and oxygen atoms in total. The molecule has 2 saturated heterocycles. The third-order valence-electron chi connectivity index (χ3n) is 5.25. The van der Waals surface area contributed by atoms with Crippen LogP contribution in [0.5, 0.6) is 0 Å². The smallest absolute Gasteiger partial charge is 0.254 e. The Labute approximate surface area is 159 Å². The number of hydrogen-bond donors (Lipinski definition) is 1. The van der Waals surface area contributed by atoms with E-state index in [0.717, 1.165) is 19.3 Å². The van der Waals surface area contributed by atoms with Crippen LogP contribution in [0.15, 0.2) is 24.3 Å². The first-order valence-corrected chi connectivity index (χ1v) is 9.57. The number of nitrogens with two attached hydrogens (primary N) is 1. The van der Waals surface area contributed by atoms with Crippen LogP contribution in [-0.2, 0) is 9.53 Å². The summed E-state index contributed by atoms with van der Waals surface area (Å²) in [5.74, 6) is 0.168. The minimum absolute atomic E-state index is 0.00536. The van der Waals surface area contributed by atoms with Gasteiger partial charge in [-0.2, -0.15) is 0 Å². The minimum atomic E-state index is -0.342. The Morgan fingerprint density at radius 1 is 1.12 bits per heavy atom. The molecular weight excluding hydrogens is 354 g/mol. The molecule has 0 bridgehead atoms. The lowest BCUT2D eigenvalue weighted by atomic mass is 9.89. The number of halogens is 1. The Kier molecular flexibility index (Phi) is 6.16. The van der Waals surface area contributed by atoms with E-state index in [1.165, 1.54) is 0 Å². The van der Waals surface area contributed by atoms with Crippen molar-refractivity contribution in [1.29, 1.82) is 0 Å². The summed E-state index contributed by atoms with van der Waals surface area (Å²) in [7, 11) is 0. The molecule has 0 aromatic heterocycles. The largest absolute Gasteiger partial charge is 0.371 e. The van der Waals surface area contributed by atoms with Gasteiger partial charge in [-0.15, -0.1) is 0 Å². The molecule has 1 spiro atoms. The van der Waals surface area contributed by atoms with Crippen LogP contribution in [0, 0.1) is 0 Å². The Balaban J connectivity index is 1.59. The van der Waals surface area contributed by atoms with E-state index in [0.29, 0.717) is 56.3 Å². The fourth-order valence-electron chi connectivity index (χ4n) is 3.67. The van der Waals surface area contributed by atoms with Crippen molar-refractivity contribution in [2.24, 2.45) is 5.73 Å². The zero-order chi connectivity index (χ0) is 18.6. The van der Waals surface area contributed by atoms with Gasteiger partial charge >= 0.3 is 0 Å². The second-order valence-electron chi connectivity index (χ2n) is 7.04. The van der Waals surface area contributed by atoms with Crippen molar-refractivity contribution in [3.63, 3.8) is 0 Å². The molecule has 2 aliphatic rings. The Bertz CT molecular complexity index is 642. The van der Waals surface area contributed by atoms with E-state index in [9.17, 15) is 9.59 Å². The normalized spacial score (nSPS) is 19.6. The molecule has 7 heteroatoms. The molecule has 0 unspecified atom stereocenters. The quantitative estimate of drug-likeness (QED) is 0.867. The Morgan fingerprint density at radius 3 is 2.46 bits per heavy atom. The van der Waals surface area contributed by atoms with Crippen molar-refractivity contribution in [2.45, 2.75) is 31.3 Å². The number of piperidine rings is 1. The average molecular weight is 380 g/mol. The first-order valence-electron chi connectivity index (χ1n) is 9.20. The maximum atomic E-state index is 12.8. The number of rotatable bonds is 4. The van der Waals surface area contributed by atoms with E-state index >= 15 is 0 Å². The van der Waals surface area contributed by atoms with Crippen molar-refractivity contribution in [3.8, 4) is 0 Å². The molecule has 2 N–H and O–H groups in total. The molecular formula is C19H26ClN3O3. The third kappa shape index (κ3) is 4.37. The van der Waals surface area contributed by atoms with Crippen molar-refractivity contribution in [1.82, 2.24) is 9.80 Å². The summed E-state index contributed by atoms with van der Waals surface area (Å²) < 4.78 is 6.08. The SMILES string of the molecule is NCCCC(=O)N1CCC2(CC1)CN(C(=O)c1ccc(Cl)cc1)CCO2. The molecule has 2 heterocycles. The van der Waals surface area contributed by atoms with Gasteiger partial charge in [0.1, 0.15) is 0 Å². The highest BCUT2D eigenvalue weighted by Gasteiger charge is 2.41. The summed E-state index contributed by atoms with van der Waals surface area (Å²) in [6.07, 6.45) is 2.74. The van der Waals surface area contributed by atoms with Gasteiger partial charge in [-0.25, -0.2) is 0 Å². The molecule has 0 aliphatic carbocycles. The van der Waals surface area contributed by atoms with E-state index < -0.39 is 0 Å². The molecule has 1 aromatic rings. The lowest BCUT2D eigenvalue weighted by molar-refractivity contribution is -0.147. The molecule has 142 valence electrons. The summed E-state index contributed by atoms with van der Waals surface area (Å²) in [6.45, 7) is 3.56. The molecule has 2 aliphatic heterocycles. The lowest BCUT2D eigenvalue weighted by Gasteiger charge is -2.47. The maximum absolute atomic E-state index is 12.8. The number of morpholine rings is 1. The number of benzene rings is 1. The summed E-state index contributed by atoms with van der Waals surface area (Å²) in [5, 5.41) is 0.617. The third-order valence-corrected chi connectivity index (χ3v) is 5.50. The predicted octanol–water partition coefficient (Wildman–Crippen LogP) is 1.91. The van der Waals surface area contributed by atoms with Gasteiger partial charge in [-0.1, -0.05) is 11.6 Å².